The van der Waals surface area contributed by atoms with E-state index in [1.807, 2.05) is 60.7 Å². The second-order valence-corrected chi connectivity index (χ2v) is 16.1. The van der Waals surface area contributed by atoms with E-state index in [-0.39, 0.29) is 0 Å². The molecule has 0 atom stereocenters. The van der Waals surface area contributed by atoms with E-state index in [2.05, 4.69) is 171 Å². The third-order valence-corrected chi connectivity index (χ3v) is 12.5. The Kier molecular flexibility index (Phi) is 7.80. The number of hydrogen-bond acceptors (Lipinski definition) is 3. The van der Waals surface area contributed by atoms with E-state index < -0.39 is 0 Å². The van der Waals surface area contributed by atoms with Gasteiger partial charge in [-0.05, 0) is 84.9 Å². The Morgan fingerprint density at radius 3 is 0.905 bits per heavy atom. The maximum atomic E-state index is 5.01. The van der Waals surface area contributed by atoms with Crippen molar-refractivity contribution in [3.05, 3.63) is 218 Å². The summed E-state index contributed by atoms with van der Waals surface area (Å²) in [4.78, 5) is 14.9. The molecule has 0 bridgehead atoms. The molecule has 0 spiro atoms. The largest absolute Gasteiger partial charge is 0.309 e. The second kappa shape index (κ2) is 14.0. The number of aromatic nitrogens is 6. The minimum Gasteiger partial charge on any atom is -0.309 e. The van der Waals surface area contributed by atoms with Gasteiger partial charge in [-0.2, -0.15) is 0 Å². The number of para-hydroxylation sites is 4. The van der Waals surface area contributed by atoms with Gasteiger partial charge in [-0.3, -0.25) is 0 Å². The van der Waals surface area contributed by atoms with Crippen molar-refractivity contribution in [2.24, 2.45) is 0 Å². The molecule has 9 aromatic carbocycles. The highest BCUT2D eigenvalue weighted by atomic mass is 15.0. The Bertz CT molecular complexity index is 3810. The third-order valence-electron chi connectivity index (χ3n) is 12.5. The molecule has 63 heavy (non-hydrogen) atoms. The van der Waals surface area contributed by atoms with Crippen LogP contribution in [0.15, 0.2) is 218 Å². The molecule has 0 fully saturated rings. The summed E-state index contributed by atoms with van der Waals surface area (Å²) >= 11 is 0. The van der Waals surface area contributed by atoms with Gasteiger partial charge in [-0.25, -0.2) is 15.0 Å². The Balaban J connectivity index is 1.04. The van der Waals surface area contributed by atoms with Crippen molar-refractivity contribution in [2.45, 2.75) is 0 Å². The minimum atomic E-state index is 0.631. The third kappa shape index (κ3) is 5.55. The number of hydrogen-bond donors (Lipinski definition) is 0. The number of fused-ring (bicyclic) bond motifs is 9. The first-order chi connectivity index (χ1) is 31.2. The average Bonchev–Trinajstić information content (AvgIpc) is 3.98. The van der Waals surface area contributed by atoms with Crippen LogP contribution < -0.4 is 0 Å². The van der Waals surface area contributed by atoms with Crippen molar-refractivity contribution in [3.8, 4) is 51.2 Å². The zero-order chi connectivity index (χ0) is 41.4. The summed E-state index contributed by atoms with van der Waals surface area (Å²) in [5, 5.41) is 7.26. The smallest absolute Gasteiger partial charge is 0.164 e. The lowest BCUT2D eigenvalue weighted by atomic mass is 10.1. The van der Waals surface area contributed by atoms with Crippen LogP contribution in [0, 0.1) is 0 Å². The summed E-state index contributed by atoms with van der Waals surface area (Å²) in [6.07, 6.45) is 0. The van der Waals surface area contributed by atoms with Gasteiger partial charge >= 0.3 is 0 Å². The molecule has 0 radical (unpaired) electrons. The molecule has 6 nitrogen and oxygen atoms in total. The first-order valence-corrected chi connectivity index (χ1v) is 21.3. The maximum absolute atomic E-state index is 5.01. The van der Waals surface area contributed by atoms with Gasteiger partial charge in [0.1, 0.15) is 0 Å². The van der Waals surface area contributed by atoms with Crippen LogP contribution in [0.1, 0.15) is 0 Å². The predicted octanol–water partition coefficient (Wildman–Crippen LogP) is 14.2. The lowest BCUT2D eigenvalue weighted by molar-refractivity contribution is 1.07. The van der Waals surface area contributed by atoms with E-state index in [4.69, 9.17) is 15.0 Å². The van der Waals surface area contributed by atoms with Crippen LogP contribution in [-0.2, 0) is 0 Å². The van der Waals surface area contributed by atoms with Gasteiger partial charge in [0.05, 0.1) is 33.1 Å². The normalized spacial score (nSPS) is 11.8. The zero-order valence-corrected chi connectivity index (χ0v) is 34.0. The van der Waals surface area contributed by atoms with Crippen LogP contribution in [0.2, 0.25) is 0 Å². The van der Waals surface area contributed by atoms with E-state index in [1.54, 1.807) is 0 Å². The summed E-state index contributed by atoms with van der Waals surface area (Å²) < 4.78 is 7.25. The number of nitrogens with zero attached hydrogens (tertiary/aromatic N) is 6. The highest BCUT2D eigenvalue weighted by Gasteiger charge is 2.22. The summed E-state index contributed by atoms with van der Waals surface area (Å²) in [6.45, 7) is 0. The molecule has 13 rings (SSSR count). The molecule has 0 N–H and O–H groups in total. The number of rotatable bonds is 6. The topological polar surface area (TPSA) is 53.5 Å². The monoisotopic (exact) mass is 804 g/mol. The van der Waals surface area contributed by atoms with E-state index >= 15 is 0 Å². The Labute approximate surface area is 362 Å². The first kappa shape index (κ1) is 35.2. The van der Waals surface area contributed by atoms with Crippen LogP contribution in [-0.4, -0.2) is 28.7 Å². The molecule has 0 amide bonds. The fraction of sp³-hybridized carbons (Fsp3) is 0. The van der Waals surface area contributed by atoms with Crippen LogP contribution >= 0.6 is 0 Å². The van der Waals surface area contributed by atoms with Crippen molar-refractivity contribution >= 4 is 65.4 Å². The fourth-order valence-corrected chi connectivity index (χ4v) is 9.62. The lowest BCUT2D eigenvalue weighted by Gasteiger charge is -2.11. The molecule has 0 unspecified atom stereocenters. The average molecular weight is 805 g/mol. The van der Waals surface area contributed by atoms with Gasteiger partial charge in [-0.15, -0.1) is 0 Å². The molecule has 0 saturated carbocycles. The van der Waals surface area contributed by atoms with E-state index in [0.29, 0.717) is 17.5 Å². The van der Waals surface area contributed by atoms with E-state index in [9.17, 15) is 0 Å². The molecule has 0 aliphatic rings. The summed E-state index contributed by atoms with van der Waals surface area (Å²) in [6, 6.07) is 77.5. The van der Waals surface area contributed by atoms with Crippen LogP contribution in [0.5, 0.6) is 0 Å². The molecule has 0 aliphatic carbocycles. The van der Waals surface area contributed by atoms with E-state index in [0.717, 1.165) is 44.8 Å². The van der Waals surface area contributed by atoms with Crippen molar-refractivity contribution in [1.82, 2.24) is 28.7 Å². The molecule has 294 valence electrons. The summed E-state index contributed by atoms with van der Waals surface area (Å²) in [5.74, 6) is 1.92. The van der Waals surface area contributed by atoms with Gasteiger partial charge in [-0.1, -0.05) is 133 Å². The van der Waals surface area contributed by atoms with Crippen molar-refractivity contribution in [1.29, 1.82) is 0 Å². The fourth-order valence-electron chi connectivity index (χ4n) is 9.62. The van der Waals surface area contributed by atoms with Gasteiger partial charge < -0.3 is 13.7 Å². The molecule has 6 heteroatoms. The quantitative estimate of drug-likeness (QED) is 0.168. The SMILES string of the molecule is c1ccc(-c2nc(-c3ccccc3)nc(-c3ccc(-n4c5ccccc5c5cc6c(cc54)c4cc5c(cc4n6-c4ccccc4)c4ccccc4n5-c4ccccc4)cc3)n2)cc1. The molecule has 4 heterocycles. The second-order valence-electron chi connectivity index (χ2n) is 16.1. The summed E-state index contributed by atoms with van der Waals surface area (Å²) in [5.41, 5.74) is 13.2. The van der Waals surface area contributed by atoms with Gasteiger partial charge in [0.25, 0.3) is 0 Å². The van der Waals surface area contributed by atoms with Crippen molar-refractivity contribution in [2.75, 3.05) is 0 Å². The van der Waals surface area contributed by atoms with Crippen LogP contribution in [0.25, 0.3) is 117 Å². The van der Waals surface area contributed by atoms with Crippen molar-refractivity contribution < 1.29 is 0 Å². The molecule has 0 aliphatic heterocycles. The Morgan fingerprint density at radius 2 is 0.508 bits per heavy atom. The first-order valence-electron chi connectivity index (χ1n) is 21.3. The molecule has 13 aromatic rings. The van der Waals surface area contributed by atoms with Crippen molar-refractivity contribution in [3.63, 3.8) is 0 Å². The Morgan fingerprint density at radius 1 is 0.222 bits per heavy atom. The van der Waals surface area contributed by atoms with Gasteiger partial charge in [0.2, 0.25) is 0 Å². The van der Waals surface area contributed by atoms with Gasteiger partial charge in [0, 0.05) is 66.1 Å². The van der Waals surface area contributed by atoms with Gasteiger partial charge in [0.15, 0.2) is 17.5 Å². The highest BCUT2D eigenvalue weighted by molar-refractivity contribution is 6.22. The highest BCUT2D eigenvalue weighted by Crippen LogP contribution is 2.43. The standard InChI is InChI=1S/C57H36N6/c1-5-17-37(18-6-1)55-58-56(38-19-7-2-8-20-38)60-57(59-55)39-29-31-42(32-30-39)62-50-28-16-14-26-44(50)46-34-54-48(36-52(46)62)47-35-51-45(33-53(47)63(54)41-23-11-4-12-24-41)43-25-13-15-27-49(43)61(51)40-21-9-3-10-22-40/h1-36H. The molecule has 0 saturated heterocycles. The van der Waals surface area contributed by atoms with Crippen LogP contribution in [0.3, 0.4) is 0 Å². The zero-order valence-electron chi connectivity index (χ0n) is 34.0. The predicted molar refractivity (Wildman–Crippen MR) is 259 cm³/mol. The van der Waals surface area contributed by atoms with E-state index in [1.165, 1.54) is 54.4 Å². The molecular weight excluding hydrogens is 769 g/mol. The number of benzene rings is 9. The van der Waals surface area contributed by atoms with Crippen LogP contribution in [0.4, 0.5) is 0 Å². The molecule has 4 aromatic heterocycles. The lowest BCUT2D eigenvalue weighted by Crippen LogP contribution is -2.00. The Hall–Kier alpha value is -8.61. The maximum Gasteiger partial charge on any atom is 0.164 e. The molecular formula is C57H36N6. The summed E-state index contributed by atoms with van der Waals surface area (Å²) in [7, 11) is 0. The minimum absolute atomic E-state index is 0.631.